The SMILES string of the molecule is C=CCn1c(=NC(=O)c2c(OC)cccc2OC)sc2cc(CC)ccc21. The van der Waals surface area contributed by atoms with Gasteiger partial charge in [0.1, 0.15) is 17.1 Å². The van der Waals surface area contributed by atoms with Gasteiger partial charge >= 0.3 is 0 Å². The average Bonchev–Trinajstić information content (AvgIpc) is 3.03. The van der Waals surface area contributed by atoms with Gasteiger partial charge in [-0.05, 0) is 36.2 Å². The number of fused-ring (bicyclic) bond motifs is 1. The highest BCUT2D eigenvalue weighted by molar-refractivity contribution is 7.16. The normalized spacial score (nSPS) is 11.6. The second kappa shape index (κ2) is 8.22. The summed E-state index contributed by atoms with van der Waals surface area (Å²) in [5.41, 5.74) is 2.61. The number of nitrogens with zero attached hydrogens (tertiary/aromatic N) is 2. The summed E-state index contributed by atoms with van der Waals surface area (Å²) in [6.45, 7) is 6.52. The van der Waals surface area contributed by atoms with Crippen molar-refractivity contribution in [2.45, 2.75) is 19.9 Å². The van der Waals surface area contributed by atoms with Gasteiger partial charge in [-0.15, -0.1) is 6.58 Å². The monoisotopic (exact) mass is 382 g/mol. The summed E-state index contributed by atoms with van der Waals surface area (Å²) in [4.78, 5) is 18.0. The van der Waals surface area contributed by atoms with Crippen LogP contribution in [-0.2, 0) is 13.0 Å². The van der Waals surface area contributed by atoms with Crippen molar-refractivity contribution in [1.82, 2.24) is 4.57 Å². The van der Waals surface area contributed by atoms with Crippen LogP contribution in [0.4, 0.5) is 0 Å². The van der Waals surface area contributed by atoms with Crippen molar-refractivity contribution in [2.24, 2.45) is 4.99 Å². The van der Waals surface area contributed by atoms with Crippen LogP contribution in [0.2, 0.25) is 0 Å². The molecule has 0 saturated heterocycles. The third-order valence-corrected chi connectivity index (χ3v) is 5.35. The van der Waals surface area contributed by atoms with Crippen LogP contribution in [-0.4, -0.2) is 24.7 Å². The van der Waals surface area contributed by atoms with Crippen molar-refractivity contribution >= 4 is 27.5 Å². The van der Waals surface area contributed by atoms with Crippen LogP contribution in [0.5, 0.6) is 11.5 Å². The largest absolute Gasteiger partial charge is 0.496 e. The molecule has 0 aliphatic carbocycles. The summed E-state index contributed by atoms with van der Waals surface area (Å²) in [7, 11) is 3.05. The van der Waals surface area contributed by atoms with Crippen molar-refractivity contribution in [3.63, 3.8) is 0 Å². The lowest BCUT2D eigenvalue weighted by Gasteiger charge is -2.09. The minimum Gasteiger partial charge on any atom is -0.496 e. The van der Waals surface area contributed by atoms with Gasteiger partial charge in [-0.25, -0.2) is 0 Å². The third-order valence-electron chi connectivity index (χ3n) is 4.31. The van der Waals surface area contributed by atoms with E-state index in [4.69, 9.17) is 9.47 Å². The number of amides is 1. The Morgan fingerprint density at radius 3 is 2.52 bits per heavy atom. The van der Waals surface area contributed by atoms with Crippen LogP contribution in [0.3, 0.4) is 0 Å². The molecule has 0 saturated carbocycles. The molecule has 5 nitrogen and oxygen atoms in total. The van der Waals surface area contributed by atoms with Gasteiger partial charge in [0, 0.05) is 6.54 Å². The van der Waals surface area contributed by atoms with E-state index in [0.29, 0.717) is 28.4 Å². The second-order valence-electron chi connectivity index (χ2n) is 5.89. The summed E-state index contributed by atoms with van der Waals surface area (Å²) in [5.74, 6) is 0.477. The highest BCUT2D eigenvalue weighted by atomic mass is 32.1. The van der Waals surface area contributed by atoms with Gasteiger partial charge in [-0.3, -0.25) is 4.79 Å². The molecule has 0 radical (unpaired) electrons. The highest BCUT2D eigenvalue weighted by Gasteiger charge is 2.18. The number of thiazole rings is 1. The van der Waals surface area contributed by atoms with Crippen molar-refractivity contribution in [3.8, 4) is 11.5 Å². The van der Waals surface area contributed by atoms with E-state index in [1.165, 1.54) is 31.1 Å². The topological polar surface area (TPSA) is 52.8 Å². The van der Waals surface area contributed by atoms with E-state index in [1.807, 2.05) is 4.57 Å². The number of allylic oxidation sites excluding steroid dienone is 1. The standard InChI is InChI=1S/C21H22N2O3S/c1-5-12-23-15-11-10-14(6-2)13-18(15)27-21(23)22-20(24)19-16(25-3)8-7-9-17(19)26-4/h5,7-11,13H,1,6,12H2,2-4H3. The number of hydrogen-bond donors (Lipinski definition) is 0. The molecule has 0 aliphatic heterocycles. The Morgan fingerprint density at radius 1 is 1.22 bits per heavy atom. The highest BCUT2D eigenvalue weighted by Crippen LogP contribution is 2.29. The van der Waals surface area contributed by atoms with Crippen LogP contribution in [0.15, 0.2) is 54.0 Å². The van der Waals surface area contributed by atoms with Crippen LogP contribution < -0.4 is 14.3 Å². The van der Waals surface area contributed by atoms with Gasteiger partial charge < -0.3 is 14.0 Å². The lowest BCUT2D eigenvalue weighted by Crippen LogP contribution is -2.16. The minimum atomic E-state index is -0.399. The van der Waals surface area contributed by atoms with E-state index in [-0.39, 0.29) is 0 Å². The molecular formula is C21H22N2O3S. The minimum absolute atomic E-state index is 0.319. The number of aromatic nitrogens is 1. The average molecular weight is 382 g/mol. The quantitative estimate of drug-likeness (QED) is 0.600. The number of benzene rings is 2. The number of hydrogen-bond acceptors (Lipinski definition) is 4. The Morgan fingerprint density at radius 2 is 1.93 bits per heavy atom. The van der Waals surface area contributed by atoms with E-state index in [9.17, 15) is 4.79 Å². The molecule has 1 heterocycles. The first kappa shape index (κ1) is 18.9. The van der Waals surface area contributed by atoms with Gasteiger partial charge in [0.2, 0.25) is 0 Å². The molecule has 1 amide bonds. The molecule has 27 heavy (non-hydrogen) atoms. The van der Waals surface area contributed by atoms with Crippen LogP contribution >= 0.6 is 11.3 Å². The molecule has 3 rings (SSSR count). The molecule has 0 unspecified atom stereocenters. The maximum Gasteiger partial charge on any atom is 0.287 e. The molecule has 140 valence electrons. The molecule has 2 aromatic carbocycles. The van der Waals surface area contributed by atoms with Crippen LogP contribution in [0.1, 0.15) is 22.8 Å². The summed E-state index contributed by atoms with van der Waals surface area (Å²) >= 11 is 1.49. The molecule has 0 N–H and O–H groups in total. The Labute approximate surface area is 162 Å². The summed E-state index contributed by atoms with van der Waals surface area (Å²) in [6.07, 6.45) is 2.76. The lowest BCUT2D eigenvalue weighted by atomic mass is 10.1. The Balaban J connectivity index is 2.20. The summed E-state index contributed by atoms with van der Waals surface area (Å²) < 4.78 is 13.8. The third kappa shape index (κ3) is 3.66. The fourth-order valence-electron chi connectivity index (χ4n) is 2.93. The zero-order chi connectivity index (χ0) is 19.4. The maximum absolute atomic E-state index is 13.0. The van der Waals surface area contributed by atoms with Gasteiger partial charge in [0.25, 0.3) is 5.91 Å². The van der Waals surface area contributed by atoms with Crippen molar-refractivity contribution in [2.75, 3.05) is 14.2 Å². The molecule has 1 aromatic heterocycles. The van der Waals surface area contributed by atoms with E-state index < -0.39 is 5.91 Å². The molecule has 0 atom stereocenters. The fourth-order valence-corrected chi connectivity index (χ4v) is 4.03. The van der Waals surface area contributed by atoms with Crippen molar-refractivity contribution in [1.29, 1.82) is 0 Å². The fraction of sp³-hybridized carbons (Fsp3) is 0.238. The maximum atomic E-state index is 13.0. The van der Waals surface area contributed by atoms with Gasteiger partial charge in [0.15, 0.2) is 4.80 Å². The van der Waals surface area contributed by atoms with Crippen LogP contribution in [0, 0.1) is 0 Å². The molecular weight excluding hydrogens is 360 g/mol. The molecule has 0 bridgehead atoms. The zero-order valence-electron chi connectivity index (χ0n) is 15.7. The van der Waals surface area contributed by atoms with Crippen molar-refractivity contribution in [3.05, 3.63) is 65.0 Å². The van der Waals surface area contributed by atoms with E-state index in [1.54, 1.807) is 24.3 Å². The molecule has 0 fully saturated rings. The van der Waals surface area contributed by atoms with E-state index in [2.05, 4.69) is 36.7 Å². The number of carbonyl (C=O) groups excluding carboxylic acids is 1. The van der Waals surface area contributed by atoms with E-state index in [0.717, 1.165) is 16.6 Å². The number of carbonyl (C=O) groups is 1. The van der Waals surface area contributed by atoms with E-state index >= 15 is 0 Å². The van der Waals surface area contributed by atoms with Gasteiger partial charge in [0.05, 0.1) is 24.4 Å². The summed E-state index contributed by atoms with van der Waals surface area (Å²) in [6, 6.07) is 11.5. The predicted molar refractivity (Wildman–Crippen MR) is 109 cm³/mol. The first-order chi connectivity index (χ1) is 13.1. The second-order valence-corrected chi connectivity index (χ2v) is 6.90. The molecule has 0 spiro atoms. The number of ether oxygens (including phenoxy) is 2. The zero-order valence-corrected chi connectivity index (χ0v) is 16.5. The summed E-state index contributed by atoms with van der Waals surface area (Å²) in [5, 5.41) is 0. The number of aryl methyl sites for hydroxylation is 1. The molecule has 3 aromatic rings. The first-order valence-electron chi connectivity index (χ1n) is 8.66. The van der Waals surface area contributed by atoms with Crippen LogP contribution in [0.25, 0.3) is 10.2 Å². The molecule has 0 aliphatic rings. The smallest absolute Gasteiger partial charge is 0.287 e. The lowest BCUT2D eigenvalue weighted by molar-refractivity contribution is 0.0992. The molecule has 6 heteroatoms. The number of methoxy groups -OCH3 is 2. The van der Waals surface area contributed by atoms with Crippen molar-refractivity contribution < 1.29 is 14.3 Å². The first-order valence-corrected chi connectivity index (χ1v) is 9.47. The Kier molecular flexibility index (Phi) is 5.76. The Bertz CT molecular complexity index is 1040. The van der Waals surface area contributed by atoms with Gasteiger partial charge in [-0.1, -0.05) is 36.5 Å². The number of rotatable bonds is 6. The predicted octanol–water partition coefficient (Wildman–Crippen LogP) is 4.21. The Hall–Kier alpha value is -2.86. The van der Waals surface area contributed by atoms with Gasteiger partial charge in [-0.2, -0.15) is 4.99 Å².